The molecule has 0 saturated carbocycles. The van der Waals surface area contributed by atoms with Crippen molar-refractivity contribution in [2.75, 3.05) is 27.4 Å². The van der Waals surface area contributed by atoms with E-state index in [2.05, 4.69) is 10.4 Å². The van der Waals surface area contributed by atoms with Crippen molar-refractivity contribution < 1.29 is 23.8 Å². The van der Waals surface area contributed by atoms with Gasteiger partial charge in [0.1, 0.15) is 0 Å². The van der Waals surface area contributed by atoms with Gasteiger partial charge >= 0.3 is 5.97 Å². The highest BCUT2D eigenvalue weighted by Gasteiger charge is 2.22. The monoisotopic (exact) mass is 485 g/mol. The second-order valence-electron chi connectivity index (χ2n) is 7.90. The van der Waals surface area contributed by atoms with Crippen LogP contribution in [-0.2, 0) is 16.0 Å². The van der Waals surface area contributed by atoms with E-state index in [9.17, 15) is 9.59 Å². The number of carbonyl (C=O) groups excluding carboxylic acids is 2. The molecule has 1 heterocycles. The van der Waals surface area contributed by atoms with E-state index in [1.54, 1.807) is 43.3 Å². The molecule has 0 radical (unpaired) electrons. The van der Waals surface area contributed by atoms with E-state index < -0.39 is 12.6 Å². The molecule has 0 aliphatic heterocycles. The minimum atomic E-state index is -0.701. The summed E-state index contributed by atoms with van der Waals surface area (Å²) in [6.45, 7) is 0.0388. The average Bonchev–Trinajstić information content (AvgIpc) is 3.38. The molecule has 0 saturated heterocycles. The molecule has 4 aromatic rings. The number of nitrogens with one attached hydrogen (secondary N) is 1. The second kappa shape index (κ2) is 11.7. The highest BCUT2D eigenvalue weighted by molar-refractivity contribution is 5.96. The summed E-state index contributed by atoms with van der Waals surface area (Å²) in [6.07, 6.45) is 2.43. The Kier molecular flexibility index (Phi) is 7.97. The van der Waals surface area contributed by atoms with E-state index in [0.29, 0.717) is 35.6 Å². The largest absolute Gasteiger partial charge is 0.493 e. The van der Waals surface area contributed by atoms with Crippen LogP contribution in [0.4, 0.5) is 0 Å². The molecule has 1 amide bonds. The molecule has 1 N–H and O–H groups in total. The summed E-state index contributed by atoms with van der Waals surface area (Å²) in [5.74, 6) is -0.00492. The van der Waals surface area contributed by atoms with Gasteiger partial charge in [0.2, 0.25) is 0 Å². The highest BCUT2D eigenvalue weighted by Crippen LogP contribution is 2.34. The fourth-order valence-electron chi connectivity index (χ4n) is 3.69. The Bertz CT molecular complexity index is 1320. The summed E-state index contributed by atoms with van der Waals surface area (Å²) in [7, 11) is 3.10. The van der Waals surface area contributed by atoms with Crippen molar-refractivity contribution in [1.29, 1.82) is 0 Å². The summed E-state index contributed by atoms with van der Waals surface area (Å²) < 4.78 is 17.7. The number of amides is 1. The molecule has 8 nitrogen and oxygen atoms in total. The lowest BCUT2D eigenvalue weighted by atomic mass is 10.1. The smallest absolute Gasteiger partial charge is 0.360 e. The number of hydrogen-bond acceptors (Lipinski definition) is 6. The van der Waals surface area contributed by atoms with Gasteiger partial charge in [0, 0.05) is 18.3 Å². The summed E-state index contributed by atoms with van der Waals surface area (Å²) in [6, 6.07) is 24.5. The molecule has 0 bridgehead atoms. The number of nitrogens with zero attached hydrogens (tertiary/aromatic N) is 2. The number of rotatable bonds is 10. The van der Waals surface area contributed by atoms with Crippen molar-refractivity contribution in [3.05, 3.63) is 96.3 Å². The summed E-state index contributed by atoms with van der Waals surface area (Å²) >= 11 is 0. The molecule has 0 unspecified atom stereocenters. The minimum Gasteiger partial charge on any atom is -0.493 e. The predicted molar refractivity (Wildman–Crippen MR) is 136 cm³/mol. The average molecular weight is 486 g/mol. The van der Waals surface area contributed by atoms with Gasteiger partial charge in [0.05, 0.1) is 19.9 Å². The number of aromatic nitrogens is 2. The Morgan fingerprint density at radius 3 is 2.28 bits per heavy atom. The van der Waals surface area contributed by atoms with Crippen LogP contribution in [0.3, 0.4) is 0 Å². The van der Waals surface area contributed by atoms with Gasteiger partial charge in [-0.25, -0.2) is 9.48 Å². The van der Waals surface area contributed by atoms with Crippen LogP contribution >= 0.6 is 0 Å². The third-order valence-corrected chi connectivity index (χ3v) is 5.54. The Morgan fingerprint density at radius 1 is 0.889 bits per heavy atom. The number of carbonyl (C=O) groups is 2. The first-order valence-corrected chi connectivity index (χ1v) is 11.4. The molecule has 0 spiro atoms. The Hall–Kier alpha value is -4.59. The van der Waals surface area contributed by atoms with Crippen molar-refractivity contribution in [3.8, 4) is 28.3 Å². The summed E-state index contributed by atoms with van der Waals surface area (Å²) in [5.41, 5.74) is 3.20. The van der Waals surface area contributed by atoms with Crippen LogP contribution in [-0.4, -0.2) is 49.0 Å². The number of hydrogen-bond donors (Lipinski definition) is 1. The zero-order chi connectivity index (χ0) is 25.3. The lowest BCUT2D eigenvalue weighted by Crippen LogP contribution is -2.30. The van der Waals surface area contributed by atoms with Crippen LogP contribution in [0.1, 0.15) is 16.1 Å². The van der Waals surface area contributed by atoms with Crippen LogP contribution in [0.5, 0.6) is 11.5 Å². The van der Waals surface area contributed by atoms with Gasteiger partial charge in [-0.1, -0.05) is 54.6 Å². The lowest BCUT2D eigenvalue weighted by Gasteiger charge is -2.10. The fourth-order valence-corrected chi connectivity index (χ4v) is 3.69. The molecule has 0 atom stereocenters. The molecule has 0 aliphatic carbocycles. The van der Waals surface area contributed by atoms with Gasteiger partial charge < -0.3 is 19.5 Å². The number of para-hydroxylation sites is 1. The van der Waals surface area contributed by atoms with Crippen LogP contribution < -0.4 is 14.8 Å². The molecule has 8 heteroatoms. The Balaban J connectivity index is 1.51. The van der Waals surface area contributed by atoms with Crippen molar-refractivity contribution in [2.45, 2.75) is 6.42 Å². The molecular weight excluding hydrogens is 458 g/mol. The van der Waals surface area contributed by atoms with Crippen LogP contribution in [0.25, 0.3) is 16.8 Å². The number of ether oxygens (including phenoxy) is 3. The zero-order valence-electron chi connectivity index (χ0n) is 20.1. The fraction of sp³-hybridized carbons (Fsp3) is 0.179. The molecule has 3 aromatic carbocycles. The number of esters is 1. The SMILES string of the molecule is COc1ccc(-c2cn(-c3ccccc3)nc2C(=O)OCC(=O)NCCc2ccccc2)cc1OC. The standard InChI is InChI=1S/C28H27N3O5/c1-34-24-14-13-21(17-25(24)35-2)23-18-31(22-11-7-4-8-12-22)30-27(23)28(33)36-19-26(32)29-16-15-20-9-5-3-6-10-20/h3-14,17-18H,15-16,19H2,1-2H3,(H,29,32). The van der Waals surface area contributed by atoms with Gasteiger partial charge in [-0.3, -0.25) is 4.79 Å². The van der Waals surface area contributed by atoms with Gasteiger partial charge in [0.15, 0.2) is 23.8 Å². The lowest BCUT2D eigenvalue weighted by molar-refractivity contribution is -0.124. The predicted octanol–water partition coefficient (Wildman–Crippen LogP) is 4.07. The normalized spacial score (nSPS) is 10.5. The second-order valence-corrected chi connectivity index (χ2v) is 7.90. The van der Waals surface area contributed by atoms with Crippen LogP contribution in [0.2, 0.25) is 0 Å². The highest BCUT2D eigenvalue weighted by atomic mass is 16.5. The van der Waals surface area contributed by atoms with Gasteiger partial charge in [-0.15, -0.1) is 0 Å². The third-order valence-electron chi connectivity index (χ3n) is 5.54. The van der Waals surface area contributed by atoms with E-state index in [-0.39, 0.29) is 11.6 Å². The van der Waals surface area contributed by atoms with E-state index >= 15 is 0 Å². The van der Waals surface area contributed by atoms with Crippen LogP contribution in [0, 0.1) is 0 Å². The Labute approximate surface area is 209 Å². The van der Waals surface area contributed by atoms with E-state index in [0.717, 1.165) is 11.3 Å². The van der Waals surface area contributed by atoms with E-state index in [4.69, 9.17) is 14.2 Å². The van der Waals surface area contributed by atoms with E-state index in [1.165, 1.54) is 0 Å². The molecule has 184 valence electrons. The summed E-state index contributed by atoms with van der Waals surface area (Å²) in [5, 5.41) is 7.24. The van der Waals surface area contributed by atoms with Gasteiger partial charge in [-0.05, 0) is 41.8 Å². The van der Waals surface area contributed by atoms with Crippen molar-refractivity contribution in [2.24, 2.45) is 0 Å². The maximum Gasteiger partial charge on any atom is 0.360 e. The molecular formula is C28H27N3O5. The quantitative estimate of drug-likeness (QED) is 0.341. The summed E-state index contributed by atoms with van der Waals surface area (Å²) in [4.78, 5) is 25.3. The van der Waals surface area contributed by atoms with E-state index in [1.807, 2.05) is 60.7 Å². The van der Waals surface area contributed by atoms with Crippen molar-refractivity contribution in [1.82, 2.24) is 15.1 Å². The van der Waals surface area contributed by atoms with Crippen LogP contribution in [0.15, 0.2) is 85.1 Å². The number of methoxy groups -OCH3 is 2. The first kappa shape index (κ1) is 24.5. The molecule has 1 aromatic heterocycles. The van der Waals surface area contributed by atoms with Crippen molar-refractivity contribution in [3.63, 3.8) is 0 Å². The van der Waals surface area contributed by atoms with Gasteiger partial charge in [-0.2, -0.15) is 5.10 Å². The van der Waals surface area contributed by atoms with Gasteiger partial charge in [0.25, 0.3) is 5.91 Å². The minimum absolute atomic E-state index is 0.0863. The maximum atomic E-state index is 13.0. The number of benzene rings is 3. The topological polar surface area (TPSA) is 91.7 Å². The molecule has 0 aliphatic rings. The maximum absolute atomic E-state index is 13.0. The third kappa shape index (κ3) is 5.90. The zero-order valence-corrected chi connectivity index (χ0v) is 20.1. The van der Waals surface area contributed by atoms with Crippen molar-refractivity contribution >= 4 is 11.9 Å². The first-order valence-electron chi connectivity index (χ1n) is 11.4. The Morgan fingerprint density at radius 2 is 1.58 bits per heavy atom. The molecule has 0 fully saturated rings. The molecule has 36 heavy (non-hydrogen) atoms. The molecule has 4 rings (SSSR count). The first-order chi connectivity index (χ1) is 17.6.